The highest BCUT2D eigenvalue weighted by Crippen LogP contribution is 2.24. The molecule has 8 heteroatoms. The first-order chi connectivity index (χ1) is 8.23. The van der Waals surface area contributed by atoms with Crippen molar-refractivity contribution in [2.75, 3.05) is 0 Å². The van der Waals surface area contributed by atoms with E-state index >= 15 is 0 Å². The van der Waals surface area contributed by atoms with Gasteiger partial charge in [0.05, 0.1) is 12.1 Å². The molecule has 0 unspecified atom stereocenters. The van der Waals surface area contributed by atoms with E-state index in [1.54, 1.807) is 0 Å². The van der Waals surface area contributed by atoms with Gasteiger partial charge in [-0.3, -0.25) is 4.79 Å². The Bertz CT molecular complexity index is 460. The maximum absolute atomic E-state index is 12.0. The lowest BCUT2D eigenvalue weighted by Gasteiger charge is -2.13. The number of carboxylic acids is 1. The van der Waals surface area contributed by atoms with Crippen LogP contribution in [-0.2, 0) is 17.8 Å². The largest absolute Gasteiger partial charge is 0.574 e. The molecule has 0 spiro atoms. The lowest BCUT2D eigenvalue weighted by atomic mass is 10.1. The van der Waals surface area contributed by atoms with E-state index in [1.807, 2.05) is 0 Å². The van der Waals surface area contributed by atoms with Gasteiger partial charge in [-0.1, -0.05) is 0 Å². The van der Waals surface area contributed by atoms with E-state index in [-0.39, 0.29) is 12.2 Å². The summed E-state index contributed by atoms with van der Waals surface area (Å²) in [6.07, 6.45) is -5.38. The summed E-state index contributed by atoms with van der Waals surface area (Å²) in [5.74, 6) is -1.89. The molecule has 0 aliphatic rings. The molecule has 0 fully saturated rings. The van der Waals surface area contributed by atoms with E-state index in [1.165, 1.54) is 6.92 Å². The van der Waals surface area contributed by atoms with Crippen molar-refractivity contribution in [1.82, 2.24) is 4.98 Å². The van der Waals surface area contributed by atoms with Gasteiger partial charge in [-0.2, -0.15) is 0 Å². The van der Waals surface area contributed by atoms with Gasteiger partial charge in [-0.25, -0.2) is 4.98 Å². The quantitative estimate of drug-likeness (QED) is 0.857. The summed E-state index contributed by atoms with van der Waals surface area (Å²) in [6.45, 7) is 1.51. The molecule has 0 aliphatic heterocycles. The first-order valence-electron chi connectivity index (χ1n) is 4.90. The number of nitrogens with zero attached hydrogens (tertiary/aromatic N) is 1. The topological polar surface area (TPSA) is 85.4 Å². The minimum Gasteiger partial charge on any atom is -0.481 e. The number of carbonyl (C=O) groups is 1. The van der Waals surface area contributed by atoms with Crippen molar-refractivity contribution in [1.29, 1.82) is 0 Å². The molecule has 0 radical (unpaired) electrons. The third-order valence-electron chi connectivity index (χ3n) is 2.15. The van der Waals surface area contributed by atoms with E-state index in [0.29, 0.717) is 11.1 Å². The summed E-state index contributed by atoms with van der Waals surface area (Å²) >= 11 is 0. The molecule has 0 bridgehead atoms. The molecule has 5 nitrogen and oxygen atoms in total. The van der Waals surface area contributed by atoms with Crippen molar-refractivity contribution in [2.24, 2.45) is 5.73 Å². The number of aromatic nitrogens is 1. The normalized spacial score (nSPS) is 11.4. The van der Waals surface area contributed by atoms with E-state index in [0.717, 1.165) is 6.07 Å². The van der Waals surface area contributed by atoms with Gasteiger partial charge in [0.25, 0.3) is 0 Å². The third-order valence-corrected chi connectivity index (χ3v) is 2.15. The first kappa shape index (κ1) is 14.2. The van der Waals surface area contributed by atoms with Crippen LogP contribution < -0.4 is 10.5 Å². The molecule has 0 aliphatic carbocycles. The van der Waals surface area contributed by atoms with Crippen LogP contribution in [0.1, 0.15) is 16.8 Å². The zero-order chi connectivity index (χ0) is 13.9. The molecule has 0 atom stereocenters. The summed E-state index contributed by atoms with van der Waals surface area (Å²) < 4.78 is 39.8. The molecular formula is C10H11F3N2O3. The van der Waals surface area contributed by atoms with E-state index in [9.17, 15) is 18.0 Å². The average Bonchev–Trinajstić information content (AvgIpc) is 2.13. The van der Waals surface area contributed by atoms with Gasteiger partial charge in [0.15, 0.2) is 0 Å². The highest BCUT2D eigenvalue weighted by Gasteiger charge is 2.32. The molecule has 0 saturated heterocycles. The average molecular weight is 264 g/mol. The summed E-state index contributed by atoms with van der Waals surface area (Å²) in [5, 5.41) is 8.66. The van der Waals surface area contributed by atoms with Gasteiger partial charge in [0.1, 0.15) is 0 Å². The second-order valence-corrected chi connectivity index (χ2v) is 3.53. The van der Waals surface area contributed by atoms with Crippen molar-refractivity contribution in [3.05, 3.63) is 22.9 Å². The van der Waals surface area contributed by atoms with Gasteiger partial charge in [-0.15, -0.1) is 13.2 Å². The van der Waals surface area contributed by atoms with Crippen LogP contribution in [-0.4, -0.2) is 22.4 Å². The van der Waals surface area contributed by atoms with Crippen LogP contribution in [0.3, 0.4) is 0 Å². The Hall–Kier alpha value is -1.83. The van der Waals surface area contributed by atoms with E-state index in [2.05, 4.69) is 9.72 Å². The monoisotopic (exact) mass is 264 g/mol. The number of ether oxygens (including phenoxy) is 1. The molecule has 0 aromatic carbocycles. The number of alkyl halides is 3. The summed E-state index contributed by atoms with van der Waals surface area (Å²) in [4.78, 5) is 14.1. The number of halogens is 3. The van der Waals surface area contributed by atoms with Crippen molar-refractivity contribution in [3.8, 4) is 5.88 Å². The number of hydrogen-bond acceptors (Lipinski definition) is 4. The molecule has 0 saturated carbocycles. The number of aliphatic carboxylic acids is 1. The van der Waals surface area contributed by atoms with Gasteiger partial charge >= 0.3 is 12.3 Å². The second kappa shape index (κ2) is 5.21. The number of aryl methyl sites for hydroxylation is 1. The van der Waals surface area contributed by atoms with Crippen LogP contribution in [0.25, 0.3) is 0 Å². The Morgan fingerprint density at radius 2 is 2.17 bits per heavy atom. The second-order valence-electron chi connectivity index (χ2n) is 3.53. The highest BCUT2D eigenvalue weighted by molar-refractivity contribution is 5.70. The SMILES string of the molecule is Cc1cc(OC(F)(F)F)nc(CC(=O)O)c1CN. The number of nitrogens with two attached hydrogens (primary N) is 1. The fraction of sp³-hybridized carbons (Fsp3) is 0.400. The first-order valence-corrected chi connectivity index (χ1v) is 4.90. The molecule has 1 heterocycles. The van der Waals surface area contributed by atoms with Crippen LogP contribution in [0.2, 0.25) is 0 Å². The molecule has 18 heavy (non-hydrogen) atoms. The Kier molecular flexibility index (Phi) is 4.12. The third kappa shape index (κ3) is 3.88. The Balaban J connectivity index is 3.17. The van der Waals surface area contributed by atoms with Crippen LogP contribution in [0.4, 0.5) is 13.2 Å². The van der Waals surface area contributed by atoms with Crippen LogP contribution in [0, 0.1) is 6.92 Å². The lowest BCUT2D eigenvalue weighted by Crippen LogP contribution is -2.19. The molecule has 1 aromatic rings. The van der Waals surface area contributed by atoms with Crippen molar-refractivity contribution in [3.63, 3.8) is 0 Å². The standard InChI is InChI=1S/C10H11F3N2O3/c1-5-2-8(18-10(11,12)13)15-7(3-9(16)17)6(5)4-14/h2H,3-4,14H2,1H3,(H,16,17). The molecule has 100 valence electrons. The van der Waals surface area contributed by atoms with Crippen molar-refractivity contribution < 1.29 is 27.8 Å². The predicted octanol–water partition coefficient (Wildman–Crippen LogP) is 1.37. The summed E-state index contributed by atoms with van der Waals surface area (Å²) in [7, 11) is 0. The zero-order valence-corrected chi connectivity index (χ0v) is 9.41. The van der Waals surface area contributed by atoms with Crippen LogP contribution in [0.15, 0.2) is 6.07 Å². The van der Waals surface area contributed by atoms with Gasteiger partial charge in [-0.05, 0) is 18.1 Å². The highest BCUT2D eigenvalue weighted by atomic mass is 19.4. The zero-order valence-electron chi connectivity index (χ0n) is 9.41. The van der Waals surface area contributed by atoms with E-state index in [4.69, 9.17) is 10.8 Å². The van der Waals surface area contributed by atoms with Gasteiger partial charge in [0.2, 0.25) is 5.88 Å². The fourth-order valence-corrected chi connectivity index (χ4v) is 1.47. The van der Waals surface area contributed by atoms with Crippen LogP contribution in [0.5, 0.6) is 5.88 Å². The minimum absolute atomic E-state index is 0.00621. The van der Waals surface area contributed by atoms with E-state index < -0.39 is 24.6 Å². The number of pyridine rings is 1. The minimum atomic E-state index is -4.87. The maximum Gasteiger partial charge on any atom is 0.574 e. The summed E-state index contributed by atoms with van der Waals surface area (Å²) in [6, 6.07) is 1.07. The summed E-state index contributed by atoms with van der Waals surface area (Å²) in [5.41, 5.74) is 6.20. The van der Waals surface area contributed by atoms with Crippen molar-refractivity contribution in [2.45, 2.75) is 26.3 Å². The molecule has 3 N–H and O–H groups in total. The van der Waals surface area contributed by atoms with Crippen molar-refractivity contribution >= 4 is 5.97 Å². The molecule has 0 amide bonds. The van der Waals surface area contributed by atoms with Gasteiger partial charge < -0.3 is 15.6 Å². The number of carboxylic acid groups (broad SMARTS) is 1. The fourth-order valence-electron chi connectivity index (χ4n) is 1.47. The predicted molar refractivity (Wildman–Crippen MR) is 54.9 cm³/mol. The lowest BCUT2D eigenvalue weighted by molar-refractivity contribution is -0.276. The van der Waals surface area contributed by atoms with Gasteiger partial charge in [0, 0.05) is 12.6 Å². The Morgan fingerprint density at radius 1 is 1.56 bits per heavy atom. The Morgan fingerprint density at radius 3 is 2.61 bits per heavy atom. The molecule has 1 aromatic heterocycles. The molecule has 1 rings (SSSR count). The number of hydrogen-bond donors (Lipinski definition) is 2. The Labute approximate surface area is 100 Å². The maximum atomic E-state index is 12.0. The smallest absolute Gasteiger partial charge is 0.481 e. The number of rotatable bonds is 4. The molecular weight excluding hydrogens is 253 g/mol. The van der Waals surface area contributed by atoms with Crippen LogP contribution >= 0.6 is 0 Å².